The summed E-state index contributed by atoms with van der Waals surface area (Å²) in [5.41, 5.74) is 7.33. The zero-order chi connectivity index (χ0) is 13.8. The van der Waals surface area contributed by atoms with Crippen molar-refractivity contribution in [1.82, 2.24) is 0 Å². The number of aryl methyl sites for hydroxylation is 1. The Morgan fingerprint density at radius 2 is 2.00 bits per heavy atom. The lowest BCUT2D eigenvalue weighted by Gasteiger charge is -1.94. The molecule has 0 fully saturated rings. The standard InChI is InChI=1S/C15H12ClNOS/c1-2-13-9-12(14(16)19-13)8-5-10-3-6-11(7-4-10)15(17)18/h3-4,6-7,9H,2H2,1H3,(H2,17,18). The Hall–Kier alpha value is -1.76. The molecule has 0 aliphatic carbocycles. The third-order valence-electron chi connectivity index (χ3n) is 2.60. The van der Waals surface area contributed by atoms with E-state index in [9.17, 15) is 4.79 Å². The van der Waals surface area contributed by atoms with Gasteiger partial charge in [-0.05, 0) is 36.8 Å². The molecule has 0 saturated carbocycles. The maximum atomic E-state index is 10.9. The Morgan fingerprint density at radius 3 is 2.53 bits per heavy atom. The van der Waals surface area contributed by atoms with Crippen molar-refractivity contribution in [1.29, 1.82) is 0 Å². The number of rotatable bonds is 2. The molecule has 1 heterocycles. The first-order valence-electron chi connectivity index (χ1n) is 5.80. The van der Waals surface area contributed by atoms with E-state index < -0.39 is 5.91 Å². The van der Waals surface area contributed by atoms with Crippen molar-refractivity contribution in [3.05, 3.63) is 56.2 Å². The van der Waals surface area contributed by atoms with E-state index in [4.69, 9.17) is 17.3 Å². The summed E-state index contributed by atoms with van der Waals surface area (Å²) in [5, 5.41) is 0. The maximum absolute atomic E-state index is 10.9. The minimum Gasteiger partial charge on any atom is -0.366 e. The lowest BCUT2D eigenvalue weighted by molar-refractivity contribution is 0.100. The number of primary amides is 1. The molecule has 0 bridgehead atoms. The highest BCUT2D eigenvalue weighted by molar-refractivity contribution is 7.16. The molecule has 0 aliphatic rings. The van der Waals surface area contributed by atoms with Gasteiger partial charge in [0.05, 0.1) is 5.56 Å². The van der Waals surface area contributed by atoms with Crippen molar-refractivity contribution in [3.8, 4) is 11.8 Å². The Labute approximate surface area is 121 Å². The molecule has 0 spiro atoms. The quantitative estimate of drug-likeness (QED) is 0.845. The van der Waals surface area contributed by atoms with Crippen LogP contribution in [0.3, 0.4) is 0 Å². The fourth-order valence-electron chi connectivity index (χ4n) is 1.53. The Bertz CT molecular complexity index is 662. The first-order chi connectivity index (χ1) is 9.10. The van der Waals surface area contributed by atoms with Crippen molar-refractivity contribution in [3.63, 3.8) is 0 Å². The monoisotopic (exact) mass is 289 g/mol. The predicted octanol–water partition coefficient (Wildman–Crippen LogP) is 3.46. The number of thiophene rings is 1. The van der Waals surface area contributed by atoms with E-state index in [2.05, 4.69) is 18.8 Å². The van der Waals surface area contributed by atoms with E-state index >= 15 is 0 Å². The minimum absolute atomic E-state index is 0.437. The molecule has 2 rings (SSSR count). The van der Waals surface area contributed by atoms with E-state index in [1.807, 2.05) is 6.07 Å². The number of carbonyl (C=O) groups is 1. The SMILES string of the molecule is CCc1cc(C#Cc2ccc(C(N)=O)cc2)c(Cl)s1. The summed E-state index contributed by atoms with van der Waals surface area (Å²) >= 11 is 7.67. The smallest absolute Gasteiger partial charge is 0.248 e. The van der Waals surface area contributed by atoms with Crippen LogP contribution < -0.4 is 5.73 Å². The molecular weight excluding hydrogens is 278 g/mol. The van der Waals surface area contributed by atoms with Gasteiger partial charge < -0.3 is 5.73 Å². The van der Waals surface area contributed by atoms with Crippen molar-refractivity contribution < 1.29 is 4.79 Å². The first kappa shape index (κ1) is 13.7. The average Bonchev–Trinajstić information content (AvgIpc) is 2.77. The molecule has 19 heavy (non-hydrogen) atoms. The third-order valence-corrected chi connectivity index (χ3v) is 4.10. The lowest BCUT2D eigenvalue weighted by Crippen LogP contribution is -2.10. The van der Waals surface area contributed by atoms with Crippen LogP contribution in [-0.4, -0.2) is 5.91 Å². The summed E-state index contributed by atoms with van der Waals surface area (Å²) in [6.07, 6.45) is 0.958. The van der Waals surface area contributed by atoms with Gasteiger partial charge in [0.15, 0.2) is 0 Å². The second kappa shape index (κ2) is 5.92. The van der Waals surface area contributed by atoms with Crippen molar-refractivity contribution in [2.24, 2.45) is 5.73 Å². The summed E-state index contributed by atoms with van der Waals surface area (Å²) < 4.78 is 0.720. The van der Waals surface area contributed by atoms with Crippen LogP contribution in [0, 0.1) is 11.8 Å². The molecule has 96 valence electrons. The van der Waals surface area contributed by atoms with Crippen LogP contribution in [-0.2, 0) is 6.42 Å². The topological polar surface area (TPSA) is 43.1 Å². The van der Waals surface area contributed by atoms with Gasteiger partial charge in [0, 0.05) is 16.0 Å². The number of carbonyl (C=O) groups excluding carboxylic acids is 1. The first-order valence-corrected chi connectivity index (χ1v) is 6.99. The third kappa shape index (κ3) is 3.37. The number of hydrogen-bond donors (Lipinski definition) is 1. The van der Waals surface area contributed by atoms with Crippen LogP contribution in [0.1, 0.15) is 33.3 Å². The molecule has 2 N–H and O–H groups in total. The summed E-state index contributed by atoms with van der Waals surface area (Å²) in [6.45, 7) is 2.09. The van der Waals surface area contributed by atoms with E-state index in [-0.39, 0.29) is 0 Å². The van der Waals surface area contributed by atoms with Gasteiger partial charge in [-0.2, -0.15) is 0 Å². The van der Waals surface area contributed by atoms with Crippen LogP contribution in [0.5, 0.6) is 0 Å². The molecular formula is C15H12ClNOS. The Kier molecular flexibility index (Phi) is 4.26. The van der Waals surface area contributed by atoms with E-state index in [1.165, 1.54) is 4.88 Å². The number of nitrogens with two attached hydrogens (primary N) is 1. The van der Waals surface area contributed by atoms with Gasteiger partial charge in [-0.25, -0.2) is 0 Å². The lowest BCUT2D eigenvalue weighted by atomic mass is 10.1. The molecule has 1 aromatic carbocycles. The van der Waals surface area contributed by atoms with Gasteiger partial charge in [0.1, 0.15) is 4.34 Å². The number of amides is 1. The van der Waals surface area contributed by atoms with Gasteiger partial charge in [-0.1, -0.05) is 30.4 Å². The van der Waals surface area contributed by atoms with Crippen LogP contribution in [0.2, 0.25) is 4.34 Å². The van der Waals surface area contributed by atoms with Gasteiger partial charge in [0.2, 0.25) is 5.91 Å². The molecule has 4 heteroatoms. The van der Waals surface area contributed by atoms with Gasteiger partial charge in [-0.15, -0.1) is 11.3 Å². The number of benzene rings is 1. The second-order valence-corrected chi connectivity index (χ2v) is 5.68. The summed E-state index contributed by atoms with van der Waals surface area (Å²) in [6, 6.07) is 8.89. The summed E-state index contributed by atoms with van der Waals surface area (Å²) in [4.78, 5) is 12.2. The van der Waals surface area contributed by atoms with Crippen molar-refractivity contribution in [2.45, 2.75) is 13.3 Å². The van der Waals surface area contributed by atoms with Crippen LogP contribution in [0.25, 0.3) is 0 Å². The molecule has 1 amide bonds. The zero-order valence-corrected chi connectivity index (χ0v) is 11.9. The summed E-state index contributed by atoms with van der Waals surface area (Å²) in [7, 11) is 0. The Morgan fingerprint density at radius 1 is 1.32 bits per heavy atom. The largest absolute Gasteiger partial charge is 0.366 e. The van der Waals surface area contributed by atoms with E-state index in [0.717, 1.165) is 21.9 Å². The fraction of sp³-hybridized carbons (Fsp3) is 0.133. The van der Waals surface area contributed by atoms with Gasteiger partial charge in [-0.3, -0.25) is 4.79 Å². The molecule has 0 radical (unpaired) electrons. The highest BCUT2D eigenvalue weighted by Gasteiger charge is 2.03. The molecule has 2 nitrogen and oxygen atoms in total. The van der Waals surface area contributed by atoms with Crippen molar-refractivity contribution in [2.75, 3.05) is 0 Å². The summed E-state index contributed by atoms with van der Waals surface area (Å²) in [5.74, 6) is 5.63. The average molecular weight is 290 g/mol. The molecule has 2 aromatic rings. The van der Waals surface area contributed by atoms with E-state index in [0.29, 0.717) is 5.56 Å². The maximum Gasteiger partial charge on any atom is 0.248 e. The molecule has 0 atom stereocenters. The number of hydrogen-bond acceptors (Lipinski definition) is 2. The second-order valence-electron chi connectivity index (χ2n) is 3.95. The fourth-order valence-corrected chi connectivity index (χ4v) is 2.70. The highest BCUT2D eigenvalue weighted by atomic mass is 35.5. The molecule has 1 aromatic heterocycles. The molecule has 0 unspecified atom stereocenters. The molecule has 0 saturated heterocycles. The van der Waals surface area contributed by atoms with Crippen molar-refractivity contribution >= 4 is 28.8 Å². The normalized spacial score (nSPS) is 9.79. The van der Waals surface area contributed by atoms with Gasteiger partial charge in [0.25, 0.3) is 0 Å². The van der Waals surface area contributed by atoms with Gasteiger partial charge >= 0.3 is 0 Å². The minimum atomic E-state index is -0.437. The molecule has 0 aliphatic heterocycles. The predicted molar refractivity (Wildman–Crippen MR) is 79.6 cm³/mol. The zero-order valence-electron chi connectivity index (χ0n) is 10.4. The highest BCUT2D eigenvalue weighted by Crippen LogP contribution is 2.27. The number of halogens is 1. The van der Waals surface area contributed by atoms with E-state index in [1.54, 1.807) is 35.6 Å². The Balaban J connectivity index is 2.23. The van der Waals surface area contributed by atoms with Crippen LogP contribution in [0.15, 0.2) is 30.3 Å². The van der Waals surface area contributed by atoms with Crippen LogP contribution in [0.4, 0.5) is 0 Å². The van der Waals surface area contributed by atoms with Crippen LogP contribution >= 0.6 is 22.9 Å².